The summed E-state index contributed by atoms with van der Waals surface area (Å²) in [5.41, 5.74) is 13.5. The lowest BCUT2D eigenvalue weighted by atomic mass is 10.2. The van der Waals surface area contributed by atoms with Crippen LogP contribution in [0, 0.1) is 23.7 Å². The second kappa shape index (κ2) is 6.88. The normalized spacial score (nSPS) is 33.2. The third-order valence-corrected chi connectivity index (χ3v) is 7.54. The van der Waals surface area contributed by atoms with Crippen LogP contribution in [-0.4, -0.2) is 63.6 Å². The van der Waals surface area contributed by atoms with E-state index in [4.69, 9.17) is 11.5 Å². The highest BCUT2D eigenvalue weighted by atomic mass is 16.2. The number of urea groups is 1. The molecule has 1 aromatic heterocycles. The van der Waals surface area contributed by atoms with Crippen LogP contribution in [0.15, 0.2) is 41.3 Å². The number of likely N-dealkylation sites (tertiary alicyclic amines) is 2. The number of piperidine rings is 2. The van der Waals surface area contributed by atoms with Gasteiger partial charge in [0, 0.05) is 51.0 Å². The third kappa shape index (κ3) is 3.33. The van der Waals surface area contributed by atoms with E-state index < -0.39 is 5.69 Å². The van der Waals surface area contributed by atoms with E-state index in [1.54, 1.807) is 17.2 Å². The summed E-state index contributed by atoms with van der Waals surface area (Å²) in [6.45, 7) is 4.41. The van der Waals surface area contributed by atoms with Crippen molar-refractivity contribution in [1.29, 1.82) is 0 Å². The Balaban J connectivity index is 1.08. The second-order valence-electron chi connectivity index (χ2n) is 9.47. The molecule has 9 nitrogen and oxygen atoms in total. The van der Waals surface area contributed by atoms with Crippen molar-refractivity contribution in [3.63, 3.8) is 0 Å². The molecule has 2 unspecified atom stereocenters. The zero-order chi connectivity index (χ0) is 21.3. The highest BCUT2D eigenvalue weighted by molar-refractivity contribution is 5.88. The molecule has 9 heteroatoms. The van der Waals surface area contributed by atoms with E-state index in [1.807, 2.05) is 24.3 Å². The van der Waals surface area contributed by atoms with E-state index >= 15 is 0 Å². The molecule has 4 aliphatic rings. The van der Waals surface area contributed by atoms with Crippen LogP contribution in [0.1, 0.15) is 5.56 Å². The number of nitrogens with zero attached hydrogens (tertiary/aromatic N) is 4. The van der Waals surface area contributed by atoms with Gasteiger partial charge >= 0.3 is 11.7 Å². The number of nitrogens with one attached hydrogen (secondary N) is 1. The fourth-order valence-corrected chi connectivity index (χ4v) is 5.40. The number of fused-ring (bicyclic) bond motifs is 2. The predicted octanol–water partition coefficient (Wildman–Crippen LogP) is 0.0422. The number of carbonyl (C=O) groups is 1. The monoisotopic (exact) mass is 421 g/mol. The summed E-state index contributed by atoms with van der Waals surface area (Å²) in [6.07, 6.45) is 1.65. The quantitative estimate of drug-likeness (QED) is 0.641. The highest BCUT2D eigenvalue weighted by Gasteiger charge is 2.55. The summed E-state index contributed by atoms with van der Waals surface area (Å²) in [6, 6.07) is 10.0. The number of anilines is 1. The van der Waals surface area contributed by atoms with Crippen molar-refractivity contribution in [2.75, 3.05) is 31.5 Å². The number of benzene rings is 1. The van der Waals surface area contributed by atoms with Gasteiger partial charge in [-0.3, -0.25) is 14.8 Å². The van der Waals surface area contributed by atoms with Gasteiger partial charge in [-0.15, -0.1) is 0 Å². The van der Waals surface area contributed by atoms with Crippen molar-refractivity contribution in [3.8, 4) is 5.69 Å². The van der Waals surface area contributed by atoms with Crippen molar-refractivity contribution >= 4 is 11.8 Å². The second-order valence-corrected chi connectivity index (χ2v) is 9.47. The van der Waals surface area contributed by atoms with E-state index in [9.17, 15) is 9.59 Å². The van der Waals surface area contributed by atoms with Gasteiger partial charge in [0.25, 0.3) is 0 Å². The largest absolute Gasteiger partial charge is 0.354 e. The molecule has 31 heavy (non-hydrogen) atoms. The molecule has 0 bridgehead atoms. The van der Waals surface area contributed by atoms with Crippen molar-refractivity contribution in [1.82, 2.24) is 19.4 Å². The lowest BCUT2D eigenvalue weighted by Crippen LogP contribution is -2.37. The summed E-state index contributed by atoms with van der Waals surface area (Å²) in [5, 5.41) is 2.73. The van der Waals surface area contributed by atoms with Crippen LogP contribution in [0.2, 0.25) is 0 Å². The molecule has 0 radical (unpaired) electrons. The summed E-state index contributed by atoms with van der Waals surface area (Å²) in [7, 11) is 0. The highest BCUT2D eigenvalue weighted by Crippen LogP contribution is 2.44. The number of nitrogens with two attached hydrogens (primary N) is 2. The van der Waals surface area contributed by atoms with Crippen LogP contribution in [0.25, 0.3) is 5.69 Å². The molecule has 3 heterocycles. The van der Waals surface area contributed by atoms with Crippen LogP contribution < -0.4 is 22.5 Å². The molecule has 2 amide bonds. The SMILES string of the molecule is NC1C2CN(C(=O)Nc3ccn(-c4ccc(CN5C[C@@H]6[C@@H](N)[C@@H]6C5)cc4)c(=O)n3)C[C@H]12. The maximum Gasteiger partial charge on any atom is 0.354 e. The number of hydrogen-bond acceptors (Lipinski definition) is 6. The predicted molar refractivity (Wildman–Crippen MR) is 116 cm³/mol. The molecule has 6 atom stereocenters. The summed E-state index contributed by atoms with van der Waals surface area (Å²) < 4.78 is 1.48. The molecule has 1 aromatic carbocycles. The molecule has 2 saturated heterocycles. The molecular weight excluding hydrogens is 394 g/mol. The van der Waals surface area contributed by atoms with Crippen LogP contribution in [-0.2, 0) is 6.54 Å². The number of rotatable bonds is 4. The minimum atomic E-state index is -0.426. The fraction of sp³-hybridized carbons (Fsp3) is 0.500. The molecule has 2 aromatic rings. The number of carbonyl (C=O) groups excluding carboxylic acids is 1. The van der Waals surface area contributed by atoms with Gasteiger partial charge in [0.05, 0.1) is 5.69 Å². The Labute approximate surface area is 180 Å². The molecular formula is C22H27N7O2. The first-order chi connectivity index (χ1) is 15.0. The minimum absolute atomic E-state index is 0.228. The zero-order valence-corrected chi connectivity index (χ0v) is 17.2. The molecule has 0 spiro atoms. The topological polar surface area (TPSA) is 123 Å². The Morgan fingerprint density at radius 3 is 2.19 bits per heavy atom. The van der Waals surface area contributed by atoms with Gasteiger partial charge in [-0.2, -0.15) is 4.98 Å². The Hall–Kier alpha value is -2.75. The van der Waals surface area contributed by atoms with Crippen molar-refractivity contribution < 1.29 is 4.79 Å². The van der Waals surface area contributed by atoms with Gasteiger partial charge in [0.2, 0.25) is 0 Å². The maximum atomic E-state index is 12.5. The van der Waals surface area contributed by atoms with E-state index in [1.165, 1.54) is 10.1 Å². The van der Waals surface area contributed by atoms with Crippen LogP contribution in [0.5, 0.6) is 0 Å². The molecule has 2 aliphatic carbocycles. The van der Waals surface area contributed by atoms with Gasteiger partial charge in [-0.25, -0.2) is 9.59 Å². The molecule has 5 N–H and O–H groups in total. The van der Waals surface area contributed by atoms with Crippen molar-refractivity contribution in [2.24, 2.45) is 35.1 Å². The van der Waals surface area contributed by atoms with Gasteiger partial charge in [0.15, 0.2) is 0 Å². The van der Waals surface area contributed by atoms with E-state index in [-0.39, 0.29) is 17.9 Å². The van der Waals surface area contributed by atoms with Crippen LogP contribution in [0.3, 0.4) is 0 Å². The molecule has 2 saturated carbocycles. The average Bonchev–Trinajstić information content (AvgIpc) is 3.35. The molecule has 4 fully saturated rings. The fourth-order valence-electron chi connectivity index (χ4n) is 5.40. The summed E-state index contributed by atoms with van der Waals surface area (Å²) >= 11 is 0. The Bertz CT molecular complexity index is 1060. The lowest BCUT2D eigenvalue weighted by Gasteiger charge is -2.19. The Kier molecular flexibility index (Phi) is 4.21. The van der Waals surface area contributed by atoms with Crippen molar-refractivity contribution in [2.45, 2.75) is 18.6 Å². The van der Waals surface area contributed by atoms with Gasteiger partial charge in [-0.1, -0.05) is 12.1 Å². The Morgan fingerprint density at radius 1 is 0.968 bits per heavy atom. The summed E-state index contributed by atoms with van der Waals surface area (Å²) in [4.78, 5) is 33.1. The number of aromatic nitrogens is 2. The minimum Gasteiger partial charge on any atom is -0.327 e. The molecule has 6 rings (SSSR count). The van der Waals surface area contributed by atoms with Gasteiger partial charge in [0.1, 0.15) is 5.82 Å². The van der Waals surface area contributed by atoms with Crippen LogP contribution >= 0.6 is 0 Å². The first kappa shape index (κ1) is 19.0. The van der Waals surface area contributed by atoms with Crippen LogP contribution in [0.4, 0.5) is 10.6 Å². The summed E-state index contributed by atoms with van der Waals surface area (Å²) in [5.74, 6) is 2.46. The standard InChI is InChI=1S/C22H27N7O2/c23-19-14-8-27(9-15(14)19)7-12-1-3-13(4-2-12)29-6-5-18(26-22(29)31)25-21(30)28-10-16-17(11-28)20(16)24/h1-6,14-17,19-20H,7-11,23-24H2,(H,25,26,30,31)/t14-,15+,16-,17?,19+,20?/m0/s1. The molecule has 2 aliphatic heterocycles. The maximum absolute atomic E-state index is 12.5. The van der Waals surface area contributed by atoms with Gasteiger partial charge < -0.3 is 16.4 Å². The van der Waals surface area contributed by atoms with Gasteiger partial charge in [-0.05, 0) is 47.4 Å². The average molecular weight is 422 g/mol. The zero-order valence-electron chi connectivity index (χ0n) is 17.2. The van der Waals surface area contributed by atoms with Crippen molar-refractivity contribution in [3.05, 3.63) is 52.6 Å². The third-order valence-electron chi connectivity index (χ3n) is 7.54. The van der Waals surface area contributed by atoms with E-state index in [0.717, 1.165) is 25.3 Å². The Morgan fingerprint density at radius 2 is 1.58 bits per heavy atom. The molecule has 162 valence electrons. The van der Waals surface area contributed by atoms with E-state index in [0.29, 0.717) is 42.8 Å². The van der Waals surface area contributed by atoms with E-state index in [2.05, 4.69) is 15.2 Å². The smallest absolute Gasteiger partial charge is 0.327 e. The first-order valence-corrected chi connectivity index (χ1v) is 11.0. The number of amides is 2. The lowest BCUT2D eigenvalue weighted by molar-refractivity contribution is 0.216. The number of hydrogen-bond donors (Lipinski definition) is 3. The first-order valence-electron chi connectivity index (χ1n) is 11.0.